The molecular formula is C8H14O3. The smallest absolute Gasteiger partial charge is 0.163 e. The predicted octanol–water partition coefficient (Wildman–Crippen LogP) is 0.663. The highest BCUT2D eigenvalue weighted by Gasteiger charge is 2.53. The standard InChI is InChI=1S/C8H14O3/c1-7(2)10-5-8(11-7)3-6(9)4-8/h6,9H,3-5H2,1-2H3. The summed E-state index contributed by atoms with van der Waals surface area (Å²) in [5.74, 6) is -0.444. The molecule has 0 aromatic heterocycles. The molecule has 0 atom stereocenters. The van der Waals surface area contributed by atoms with Crippen LogP contribution in [0.2, 0.25) is 0 Å². The van der Waals surface area contributed by atoms with Gasteiger partial charge in [0.2, 0.25) is 0 Å². The highest BCUT2D eigenvalue weighted by atomic mass is 16.8. The zero-order valence-corrected chi connectivity index (χ0v) is 6.96. The zero-order chi connectivity index (χ0) is 8.11. The summed E-state index contributed by atoms with van der Waals surface area (Å²) in [5, 5.41) is 9.11. The first kappa shape index (κ1) is 7.53. The van der Waals surface area contributed by atoms with E-state index in [0.29, 0.717) is 6.61 Å². The minimum absolute atomic E-state index is 0.150. The molecule has 2 fully saturated rings. The van der Waals surface area contributed by atoms with Crippen LogP contribution in [0.1, 0.15) is 26.7 Å². The van der Waals surface area contributed by atoms with Gasteiger partial charge in [-0.2, -0.15) is 0 Å². The minimum Gasteiger partial charge on any atom is -0.393 e. The Morgan fingerprint density at radius 1 is 1.36 bits per heavy atom. The van der Waals surface area contributed by atoms with Crippen molar-refractivity contribution >= 4 is 0 Å². The van der Waals surface area contributed by atoms with Crippen LogP contribution in [0.5, 0.6) is 0 Å². The fraction of sp³-hybridized carbons (Fsp3) is 1.00. The Bertz CT molecular complexity index is 170. The number of aliphatic hydroxyl groups excluding tert-OH is 1. The van der Waals surface area contributed by atoms with Crippen molar-refractivity contribution in [3.63, 3.8) is 0 Å². The molecule has 3 heteroatoms. The van der Waals surface area contributed by atoms with Crippen molar-refractivity contribution in [2.45, 2.75) is 44.2 Å². The molecule has 1 aliphatic carbocycles. The van der Waals surface area contributed by atoms with E-state index in [2.05, 4.69) is 0 Å². The molecule has 2 aliphatic rings. The molecule has 1 aliphatic heterocycles. The summed E-state index contributed by atoms with van der Waals surface area (Å²) in [6.45, 7) is 4.45. The number of hydrogen-bond acceptors (Lipinski definition) is 3. The predicted molar refractivity (Wildman–Crippen MR) is 39.1 cm³/mol. The molecule has 1 saturated heterocycles. The normalized spacial score (nSPS) is 47.7. The summed E-state index contributed by atoms with van der Waals surface area (Å²) < 4.78 is 11.1. The number of rotatable bonds is 0. The highest BCUT2D eigenvalue weighted by molar-refractivity contribution is 5.00. The van der Waals surface area contributed by atoms with E-state index in [1.165, 1.54) is 0 Å². The van der Waals surface area contributed by atoms with Crippen LogP contribution in [0.3, 0.4) is 0 Å². The molecule has 0 amide bonds. The first-order valence-corrected chi connectivity index (χ1v) is 4.04. The van der Waals surface area contributed by atoms with Gasteiger partial charge in [0.1, 0.15) is 0 Å². The van der Waals surface area contributed by atoms with Gasteiger partial charge in [0.05, 0.1) is 18.3 Å². The summed E-state index contributed by atoms with van der Waals surface area (Å²) in [7, 11) is 0. The topological polar surface area (TPSA) is 38.7 Å². The lowest BCUT2D eigenvalue weighted by atomic mass is 9.78. The zero-order valence-electron chi connectivity index (χ0n) is 6.96. The SMILES string of the molecule is CC1(C)OCC2(CC(O)C2)O1. The minimum atomic E-state index is -0.444. The van der Waals surface area contributed by atoms with Gasteiger partial charge in [-0.25, -0.2) is 0 Å². The molecule has 0 aromatic carbocycles. The molecule has 1 heterocycles. The molecule has 3 nitrogen and oxygen atoms in total. The van der Waals surface area contributed by atoms with E-state index in [1.807, 2.05) is 13.8 Å². The number of ether oxygens (including phenoxy) is 2. The summed E-state index contributed by atoms with van der Waals surface area (Å²) in [5.41, 5.74) is -0.150. The summed E-state index contributed by atoms with van der Waals surface area (Å²) in [6, 6.07) is 0. The van der Waals surface area contributed by atoms with Crippen molar-refractivity contribution < 1.29 is 14.6 Å². The van der Waals surface area contributed by atoms with Crippen molar-refractivity contribution in [1.29, 1.82) is 0 Å². The molecule has 1 N–H and O–H groups in total. The lowest BCUT2D eigenvalue weighted by molar-refractivity contribution is -0.197. The first-order chi connectivity index (χ1) is 5.02. The maximum Gasteiger partial charge on any atom is 0.163 e. The molecule has 0 bridgehead atoms. The quantitative estimate of drug-likeness (QED) is 0.563. The van der Waals surface area contributed by atoms with Crippen LogP contribution in [0.25, 0.3) is 0 Å². The Morgan fingerprint density at radius 2 is 2.00 bits per heavy atom. The van der Waals surface area contributed by atoms with Gasteiger partial charge in [-0.3, -0.25) is 0 Å². The van der Waals surface area contributed by atoms with Gasteiger partial charge in [-0.05, 0) is 13.8 Å². The Hall–Kier alpha value is -0.120. The first-order valence-electron chi connectivity index (χ1n) is 4.04. The lowest BCUT2D eigenvalue weighted by Crippen LogP contribution is -2.49. The van der Waals surface area contributed by atoms with Crippen LogP contribution in [0, 0.1) is 0 Å². The van der Waals surface area contributed by atoms with E-state index in [1.54, 1.807) is 0 Å². The van der Waals surface area contributed by atoms with Gasteiger partial charge in [0.15, 0.2) is 5.79 Å². The second kappa shape index (κ2) is 1.97. The van der Waals surface area contributed by atoms with Gasteiger partial charge < -0.3 is 14.6 Å². The average molecular weight is 158 g/mol. The van der Waals surface area contributed by atoms with Gasteiger partial charge in [0.25, 0.3) is 0 Å². The fourth-order valence-corrected chi connectivity index (χ4v) is 1.89. The van der Waals surface area contributed by atoms with Crippen LogP contribution in [-0.2, 0) is 9.47 Å². The molecule has 2 rings (SSSR count). The maximum atomic E-state index is 9.11. The second-order valence-electron chi connectivity index (χ2n) is 4.04. The third-order valence-electron chi connectivity index (χ3n) is 2.36. The lowest BCUT2D eigenvalue weighted by Gasteiger charge is -2.40. The van der Waals surface area contributed by atoms with Crippen LogP contribution >= 0.6 is 0 Å². The van der Waals surface area contributed by atoms with E-state index in [-0.39, 0.29) is 11.7 Å². The van der Waals surface area contributed by atoms with E-state index >= 15 is 0 Å². The van der Waals surface area contributed by atoms with E-state index in [0.717, 1.165) is 12.8 Å². The van der Waals surface area contributed by atoms with Crippen molar-refractivity contribution in [1.82, 2.24) is 0 Å². The molecule has 0 unspecified atom stereocenters. The Morgan fingerprint density at radius 3 is 2.36 bits per heavy atom. The van der Waals surface area contributed by atoms with E-state index in [4.69, 9.17) is 14.6 Å². The van der Waals surface area contributed by atoms with Crippen molar-refractivity contribution in [3.05, 3.63) is 0 Å². The van der Waals surface area contributed by atoms with Gasteiger partial charge in [-0.15, -0.1) is 0 Å². The number of hydrogen-bond donors (Lipinski definition) is 1. The summed E-state index contributed by atoms with van der Waals surface area (Å²) >= 11 is 0. The monoisotopic (exact) mass is 158 g/mol. The van der Waals surface area contributed by atoms with Crippen molar-refractivity contribution in [2.75, 3.05) is 6.61 Å². The fourth-order valence-electron chi connectivity index (χ4n) is 1.89. The van der Waals surface area contributed by atoms with Crippen LogP contribution in [0.4, 0.5) is 0 Å². The molecule has 1 saturated carbocycles. The maximum absolute atomic E-state index is 9.11. The largest absolute Gasteiger partial charge is 0.393 e. The Labute approximate surface area is 66.3 Å². The molecule has 0 radical (unpaired) electrons. The van der Waals surface area contributed by atoms with E-state index in [9.17, 15) is 0 Å². The molecule has 1 spiro atoms. The molecule has 11 heavy (non-hydrogen) atoms. The van der Waals surface area contributed by atoms with Crippen molar-refractivity contribution in [3.8, 4) is 0 Å². The van der Waals surface area contributed by atoms with Gasteiger partial charge in [-0.1, -0.05) is 0 Å². The Kier molecular flexibility index (Phi) is 1.35. The third kappa shape index (κ3) is 1.17. The summed E-state index contributed by atoms with van der Waals surface area (Å²) in [6.07, 6.45) is 1.29. The van der Waals surface area contributed by atoms with Crippen LogP contribution in [0.15, 0.2) is 0 Å². The van der Waals surface area contributed by atoms with Crippen LogP contribution in [-0.4, -0.2) is 29.2 Å². The van der Waals surface area contributed by atoms with Gasteiger partial charge in [0, 0.05) is 12.8 Å². The molecule has 64 valence electrons. The Balaban J connectivity index is 2.00. The molecule has 0 aromatic rings. The second-order valence-corrected chi connectivity index (χ2v) is 4.04. The van der Waals surface area contributed by atoms with Crippen LogP contribution < -0.4 is 0 Å². The average Bonchev–Trinajstić information content (AvgIpc) is 2.05. The van der Waals surface area contributed by atoms with Gasteiger partial charge >= 0.3 is 0 Å². The third-order valence-corrected chi connectivity index (χ3v) is 2.36. The number of aliphatic hydroxyl groups is 1. The summed E-state index contributed by atoms with van der Waals surface area (Å²) in [4.78, 5) is 0. The highest BCUT2D eigenvalue weighted by Crippen LogP contribution is 2.44. The molecular weight excluding hydrogens is 144 g/mol. The van der Waals surface area contributed by atoms with Crippen molar-refractivity contribution in [2.24, 2.45) is 0 Å². The van der Waals surface area contributed by atoms with E-state index < -0.39 is 5.79 Å².